The van der Waals surface area contributed by atoms with E-state index >= 15 is 0 Å². The highest BCUT2D eigenvalue weighted by atomic mass is 32.2. The van der Waals surface area contributed by atoms with E-state index in [0.29, 0.717) is 16.6 Å². The average Bonchev–Trinajstić information content (AvgIpc) is 2.70. The number of thioether (sulfide) groups is 1. The predicted molar refractivity (Wildman–Crippen MR) is 108 cm³/mol. The second-order valence-electron chi connectivity index (χ2n) is 6.09. The number of aliphatic carboxylic acids is 1. The number of carboxylic acids is 1. The lowest BCUT2D eigenvalue weighted by molar-refractivity contribution is -0.135. The normalized spacial score (nSPS) is 10.8. The summed E-state index contributed by atoms with van der Waals surface area (Å²) in [5.41, 5.74) is -0.368. The molecule has 3 rings (SSSR count). The molecule has 0 spiro atoms. The van der Waals surface area contributed by atoms with Crippen molar-refractivity contribution in [3.05, 3.63) is 64.4 Å². The van der Waals surface area contributed by atoms with Crippen molar-refractivity contribution in [2.45, 2.75) is 4.90 Å². The Bertz CT molecular complexity index is 1120. The summed E-state index contributed by atoms with van der Waals surface area (Å²) in [6.07, 6.45) is 1.87. The fourth-order valence-corrected chi connectivity index (χ4v) is 3.43. The van der Waals surface area contributed by atoms with Crippen LogP contribution in [-0.4, -0.2) is 39.5 Å². The Labute approximate surface area is 164 Å². The number of rotatable bonds is 5. The molecule has 0 saturated carbocycles. The number of nitrogens with zero attached hydrogens (tertiary/aromatic N) is 2. The summed E-state index contributed by atoms with van der Waals surface area (Å²) in [4.78, 5) is 39.1. The van der Waals surface area contributed by atoms with E-state index in [1.165, 1.54) is 23.4 Å². The molecular weight excluding hydrogens is 380 g/mol. The lowest BCUT2D eigenvalue weighted by atomic mass is 10.1. The second-order valence-corrected chi connectivity index (χ2v) is 6.97. The van der Waals surface area contributed by atoms with Crippen LogP contribution in [0.4, 0.5) is 5.69 Å². The van der Waals surface area contributed by atoms with Crippen molar-refractivity contribution < 1.29 is 19.8 Å². The van der Waals surface area contributed by atoms with Crippen LogP contribution in [0.15, 0.2) is 58.2 Å². The van der Waals surface area contributed by atoms with Crippen LogP contribution in [-0.2, 0) is 11.8 Å². The van der Waals surface area contributed by atoms with Crippen molar-refractivity contribution in [1.82, 2.24) is 4.57 Å². The third-order valence-electron chi connectivity index (χ3n) is 4.40. The van der Waals surface area contributed by atoms with Crippen molar-refractivity contribution in [2.75, 3.05) is 17.7 Å². The van der Waals surface area contributed by atoms with Crippen molar-refractivity contribution in [3.8, 4) is 5.75 Å². The Hall–Kier alpha value is -3.26. The maximum atomic E-state index is 13.2. The van der Waals surface area contributed by atoms with Gasteiger partial charge in [-0.2, -0.15) is 0 Å². The highest BCUT2D eigenvalue weighted by Gasteiger charge is 2.28. The van der Waals surface area contributed by atoms with E-state index < -0.39 is 35.3 Å². The van der Waals surface area contributed by atoms with Gasteiger partial charge in [-0.25, -0.2) is 0 Å². The fraction of sp³-hybridized carbons (Fsp3) is 0.150. The highest BCUT2D eigenvalue weighted by Crippen LogP contribution is 2.31. The number of carboxylic acid groups (broad SMARTS) is 1. The Morgan fingerprint density at radius 2 is 1.82 bits per heavy atom. The number of aromatic hydroxyl groups is 1. The molecule has 7 nitrogen and oxygen atoms in total. The molecule has 0 aliphatic carbocycles. The highest BCUT2D eigenvalue weighted by molar-refractivity contribution is 7.98. The molecular formula is C20H18N2O5S. The van der Waals surface area contributed by atoms with Gasteiger partial charge in [0.25, 0.3) is 11.5 Å². The first-order valence-corrected chi connectivity index (χ1v) is 9.56. The van der Waals surface area contributed by atoms with E-state index in [1.807, 2.05) is 12.3 Å². The summed E-state index contributed by atoms with van der Waals surface area (Å²) in [7, 11) is 1.50. The van der Waals surface area contributed by atoms with Crippen molar-refractivity contribution in [3.63, 3.8) is 0 Å². The number of carbonyl (C=O) groups excluding carboxylic acids is 1. The molecule has 0 aliphatic rings. The van der Waals surface area contributed by atoms with E-state index in [4.69, 9.17) is 0 Å². The zero-order valence-corrected chi connectivity index (χ0v) is 16.1. The summed E-state index contributed by atoms with van der Waals surface area (Å²) < 4.78 is 1.27. The predicted octanol–water partition coefficient (Wildman–Crippen LogP) is 2.70. The van der Waals surface area contributed by atoms with Crippen LogP contribution in [0.3, 0.4) is 0 Å². The van der Waals surface area contributed by atoms with Crippen LogP contribution in [0.5, 0.6) is 5.75 Å². The number of aryl methyl sites for hydroxylation is 1. The van der Waals surface area contributed by atoms with Gasteiger partial charge in [-0.15, -0.1) is 11.8 Å². The van der Waals surface area contributed by atoms with Gasteiger partial charge in [0.2, 0.25) is 0 Å². The molecule has 0 saturated heterocycles. The number of pyridine rings is 1. The summed E-state index contributed by atoms with van der Waals surface area (Å²) in [6.45, 7) is -0.645. The molecule has 3 aromatic rings. The van der Waals surface area contributed by atoms with Gasteiger partial charge in [0.1, 0.15) is 17.9 Å². The molecule has 8 heteroatoms. The molecule has 0 unspecified atom stereocenters. The molecule has 0 bridgehead atoms. The standard InChI is InChI=1S/C20H18N2O5S/c1-21-15-9-8-13(28-2)10-14(15)18(25)17(19(21)26)20(27)22(11-16(23)24)12-6-4-3-5-7-12/h3-10,25H,11H2,1-2H3,(H,23,24). The average molecular weight is 398 g/mol. The third kappa shape index (κ3) is 3.46. The quantitative estimate of drug-likeness (QED) is 0.641. The van der Waals surface area contributed by atoms with Gasteiger partial charge >= 0.3 is 5.97 Å². The first-order valence-electron chi connectivity index (χ1n) is 8.33. The van der Waals surface area contributed by atoms with Crippen LogP contribution >= 0.6 is 11.8 Å². The monoisotopic (exact) mass is 398 g/mol. The SMILES string of the molecule is CSc1ccc2c(c1)c(O)c(C(=O)N(CC(=O)O)c1ccccc1)c(=O)n2C. The van der Waals surface area contributed by atoms with Gasteiger partial charge in [0.05, 0.1) is 5.52 Å². The minimum absolute atomic E-state index is 0.314. The molecule has 1 amide bonds. The molecule has 0 aliphatic heterocycles. The summed E-state index contributed by atoms with van der Waals surface area (Å²) >= 11 is 1.46. The molecule has 0 atom stereocenters. The number of anilines is 1. The number of amides is 1. The van der Waals surface area contributed by atoms with Crippen molar-refractivity contribution in [2.24, 2.45) is 7.05 Å². The summed E-state index contributed by atoms with van der Waals surface area (Å²) in [5, 5.41) is 20.3. The number of aromatic nitrogens is 1. The van der Waals surface area contributed by atoms with Crippen molar-refractivity contribution in [1.29, 1.82) is 0 Å². The largest absolute Gasteiger partial charge is 0.506 e. The third-order valence-corrected chi connectivity index (χ3v) is 5.12. The smallest absolute Gasteiger partial charge is 0.323 e. The molecule has 144 valence electrons. The van der Waals surface area contributed by atoms with Crippen molar-refractivity contribution >= 4 is 40.2 Å². The molecule has 1 heterocycles. The van der Waals surface area contributed by atoms with Gasteiger partial charge in [-0.1, -0.05) is 18.2 Å². The van der Waals surface area contributed by atoms with E-state index in [0.717, 1.165) is 9.80 Å². The van der Waals surface area contributed by atoms with Gasteiger partial charge in [-0.3, -0.25) is 19.3 Å². The zero-order chi connectivity index (χ0) is 20.4. The maximum absolute atomic E-state index is 13.2. The Morgan fingerprint density at radius 3 is 2.43 bits per heavy atom. The van der Waals surface area contributed by atoms with Crippen LogP contribution in [0.25, 0.3) is 10.9 Å². The minimum Gasteiger partial charge on any atom is -0.506 e. The number of carbonyl (C=O) groups is 2. The summed E-state index contributed by atoms with van der Waals surface area (Å²) in [6, 6.07) is 13.4. The topological polar surface area (TPSA) is 99.8 Å². The molecule has 2 aromatic carbocycles. The Balaban J connectivity index is 2.24. The van der Waals surface area contributed by atoms with Crippen LogP contribution in [0, 0.1) is 0 Å². The lowest BCUT2D eigenvalue weighted by Crippen LogP contribution is -2.39. The van der Waals surface area contributed by atoms with E-state index in [9.17, 15) is 24.6 Å². The Morgan fingerprint density at radius 1 is 1.14 bits per heavy atom. The molecule has 0 fully saturated rings. The van der Waals surface area contributed by atoms with Gasteiger partial charge in [0.15, 0.2) is 0 Å². The number of hydrogen-bond acceptors (Lipinski definition) is 5. The van der Waals surface area contributed by atoms with Gasteiger partial charge in [-0.05, 0) is 36.6 Å². The van der Waals surface area contributed by atoms with Gasteiger partial charge < -0.3 is 14.8 Å². The number of fused-ring (bicyclic) bond motifs is 1. The maximum Gasteiger partial charge on any atom is 0.323 e. The van der Waals surface area contributed by atoms with Crippen LogP contribution < -0.4 is 10.5 Å². The lowest BCUT2D eigenvalue weighted by Gasteiger charge is -2.22. The molecule has 2 N–H and O–H groups in total. The molecule has 0 radical (unpaired) electrons. The van der Waals surface area contributed by atoms with Gasteiger partial charge in [0, 0.05) is 23.0 Å². The first-order chi connectivity index (χ1) is 13.3. The first kappa shape index (κ1) is 19.5. The van der Waals surface area contributed by atoms with Crippen LogP contribution in [0.1, 0.15) is 10.4 Å². The van der Waals surface area contributed by atoms with E-state index in [-0.39, 0.29) is 0 Å². The fourth-order valence-electron chi connectivity index (χ4n) is 2.99. The summed E-state index contributed by atoms with van der Waals surface area (Å²) in [5.74, 6) is -2.56. The molecule has 28 heavy (non-hydrogen) atoms. The van der Waals surface area contributed by atoms with E-state index in [1.54, 1.807) is 42.5 Å². The number of hydrogen-bond donors (Lipinski definition) is 2. The minimum atomic E-state index is -1.24. The van der Waals surface area contributed by atoms with E-state index in [2.05, 4.69) is 0 Å². The second kappa shape index (κ2) is 7.77. The molecule has 1 aromatic heterocycles. The number of para-hydroxylation sites is 1. The zero-order valence-electron chi connectivity index (χ0n) is 15.2. The van der Waals surface area contributed by atoms with Crippen LogP contribution in [0.2, 0.25) is 0 Å². The Kier molecular flexibility index (Phi) is 5.41. The number of benzene rings is 2.